The van der Waals surface area contributed by atoms with E-state index in [1.807, 2.05) is 19.1 Å². The molecule has 1 unspecified atom stereocenters. The molecule has 3 aromatic carbocycles. The third-order valence-corrected chi connectivity index (χ3v) is 7.09. The standard InChI is InChI=1S/C23H21FN2O3S/c1-15-10-11-21(20(24)12-15)25-23(27)18-7-5-8-19(14-18)30(28,29)26-16(2)13-17-6-3-4-9-22(17)26/h3-12,14,16H,13H2,1-2H3,(H,25,27). The Kier molecular flexibility index (Phi) is 5.07. The number of nitrogens with zero attached hydrogens (tertiary/aromatic N) is 1. The Morgan fingerprint density at radius 3 is 2.60 bits per heavy atom. The molecule has 1 aliphatic heterocycles. The molecule has 0 bridgehead atoms. The smallest absolute Gasteiger partial charge is 0.264 e. The van der Waals surface area contributed by atoms with Crippen molar-refractivity contribution in [2.24, 2.45) is 0 Å². The molecule has 1 aliphatic rings. The van der Waals surface area contributed by atoms with Crippen LogP contribution in [0.15, 0.2) is 71.6 Å². The van der Waals surface area contributed by atoms with Gasteiger partial charge in [-0.2, -0.15) is 0 Å². The fourth-order valence-corrected chi connectivity index (χ4v) is 5.47. The second kappa shape index (κ2) is 7.57. The summed E-state index contributed by atoms with van der Waals surface area (Å²) in [5.41, 5.74) is 2.54. The van der Waals surface area contributed by atoms with Crippen LogP contribution in [0.1, 0.15) is 28.4 Å². The summed E-state index contributed by atoms with van der Waals surface area (Å²) in [5.74, 6) is -1.13. The van der Waals surface area contributed by atoms with E-state index < -0.39 is 21.7 Å². The lowest BCUT2D eigenvalue weighted by atomic mass is 10.1. The van der Waals surface area contributed by atoms with Crippen LogP contribution in [0.4, 0.5) is 15.8 Å². The predicted molar refractivity (Wildman–Crippen MR) is 115 cm³/mol. The van der Waals surface area contributed by atoms with Crippen molar-refractivity contribution in [1.29, 1.82) is 0 Å². The first-order valence-corrected chi connectivity index (χ1v) is 11.0. The molecular weight excluding hydrogens is 403 g/mol. The molecular formula is C23H21FN2O3S. The zero-order chi connectivity index (χ0) is 21.5. The number of carbonyl (C=O) groups is 1. The second-order valence-electron chi connectivity index (χ2n) is 7.45. The van der Waals surface area contributed by atoms with E-state index in [2.05, 4.69) is 5.32 Å². The highest BCUT2D eigenvalue weighted by Gasteiger charge is 2.36. The average molecular weight is 424 g/mol. The van der Waals surface area contributed by atoms with E-state index in [0.717, 1.165) is 11.1 Å². The van der Waals surface area contributed by atoms with Gasteiger partial charge in [-0.1, -0.05) is 30.3 Å². The molecule has 1 amide bonds. The Morgan fingerprint density at radius 1 is 1.07 bits per heavy atom. The van der Waals surface area contributed by atoms with Crippen molar-refractivity contribution in [1.82, 2.24) is 0 Å². The first-order valence-electron chi connectivity index (χ1n) is 9.57. The van der Waals surface area contributed by atoms with Gasteiger partial charge in [0.25, 0.3) is 15.9 Å². The Balaban J connectivity index is 1.65. The largest absolute Gasteiger partial charge is 0.319 e. The molecule has 3 aromatic rings. The van der Waals surface area contributed by atoms with Gasteiger partial charge in [0.05, 0.1) is 16.3 Å². The fraction of sp³-hybridized carbons (Fsp3) is 0.174. The third-order valence-electron chi connectivity index (χ3n) is 5.17. The summed E-state index contributed by atoms with van der Waals surface area (Å²) in [6, 6.07) is 17.5. The number of rotatable bonds is 4. The van der Waals surface area contributed by atoms with Gasteiger partial charge in [0.2, 0.25) is 0 Å². The van der Waals surface area contributed by atoms with Crippen LogP contribution in [0.5, 0.6) is 0 Å². The maximum absolute atomic E-state index is 14.1. The summed E-state index contributed by atoms with van der Waals surface area (Å²) in [6.07, 6.45) is 0.627. The van der Waals surface area contributed by atoms with Crippen molar-refractivity contribution >= 4 is 27.3 Å². The van der Waals surface area contributed by atoms with Crippen LogP contribution in [0.2, 0.25) is 0 Å². The first-order chi connectivity index (χ1) is 14.3. The number of hydrogen-bond acceptors (Lipinski definition) is 3. The van der Waals surface area contributed by atoms with E-state index in [9.17, 15) is 17.6 Å². The van der Waals surface area contributed by atoms with Crippen LogP contribution < -0.4 is 9.62 Å². The molecule has 5 nitrogen and oxygen atoms in total. The van der Waals surface area contributed by atoms with Crippen molar-refractivity contribution in [2.75, 3.05) is 9.62 Å². The fourth-order valence-electron chi connectivity index (χ4n) is 3.73. The molecule has 0 spiro atoms. The number of benzene rings is 3. The Bertz CT molecular complexity index is 1240. The quantitative estimate of drug-likeness (QED) is 0.669. The van der Waals surface area contributed by atoms with Crippen LogP contribution in [0, 0.1) is 12.7 Å². The van der Waals surface area contributed by atoms with E-state index in [0.29, 0.717) is 12.1 Å². The Hall–Kier alpha value is -3.19. The van der Waals surface area contributed by atoms with E-state index in [4.69, 9.17) is 0 Å². The lowest BCUT2D eigenvalue weighted by Crippen LogP contribution is -2.35. The van der Waals surface area contributed by atoms with Gasteiger partial charge in [0, 0.05) is 11.6 Å². The van der Waals surface area contributed by atoms with Crippen LogP contribution in [-0.2, 0) is 16.4 Å². The van der Waals surface area contributed by atoms with Crippen molar-refractivity contribution in [3.8, 4) is 0 Å². The molecule has 0 aliphatic carbocycles. The van der Waals surface area contributed by atoms with Crippen LogP contribution in [0.3, 0.4) is 0 Å². The van der Waals surface area contributed by atoms with E-state index >= 15 is 0 Å². The third kappa shape index (κ3) is 3.57. The van der Waals surface area contributed by atoms with E-state index in [-0.39, 0.29) is 22.2 Å². The summed E-state index contributed by atoms with van der Waals surface area (Å²) in [7, 11) is -3.86. The number of amides is 1. The number of fused-ring (bicyclic) bond motifs is 1. The molecule has 0 radical (unpaired) electrons. The summed E-state index contributed by atoms with van der Waals surface area (Å²) >= 11 is 0. The number of sulfonamides is 1. The summed E-state index contributed by atoms with van der Waals surface area (Å²) < 4.78 is 42.2. The highest BCUT2D eigenvalue weighted by molar-refractivity contribution is 7.92. The molecule has 154 valence electrons. The molecule has 1 N–H and O–H groups in total. The molecule has 0 saturated carbocycles. The number of carbonyl (C=O) groups excluding carboxylic acids is 1. The molecule has 0 fully saturated rings. The summed E-state index contributed by atoms with van der Waals surface area (Å²) in [5, 5.41) is 2.50. The lowest BCUT2D eigenvalue weighted by molar-refractivity contribution is 0.102. The topological polar surface area (TPSA) is 66.5 Å². The van der Waals surface area contributed by atoms with Gasteiger partial charge in [-0.3, -0.25) is 9.10 Å². The number of para-hydroxylation sites is 1. The number of anilines is 2. The van der Waals surface area contributed by atoms with Crippen molar-refractivity contribution in [3.05, 3.63) is 89.2 Å². The van der Waals surface area contributed by atoms with Crippen molar-refractivity contribution in [3.63, 3.8) is 0 Å². The number of halogens is 1. The number of hydrogen-bond donors (Lipinski definition) is 1. The predicted octanol–water partition coefficient (Wildman–Crippen LogP) is 4.53. The van der Waals surface area contributed by atoms with Crippen LogP contribution in [-0.4, -0.2) is 20.4 Å². The van der Waals surface area contributed by atoms with Crippen LogP contribution in [0.25, 0.3) is 0 Å². The molecule has 30 heavy (non-hydrogen) atoms. The SMILES string of the molecule is Cc1ccc(NC(=O)c2cccc(S(=O)(=O)N3c4ccccc4CC3C)c2)c(F)c1. The summed E-state index contributed by atoms with van der Waals surface area (Å²) in [6.45, 7) is 3.61. The summed E-state index contributed by atoms with van der Waals surface area (Å²) in [4.78, 5) is 12.6. The van der Waals surface area contributed by atoms with Gasteiger partial charge in [-0.15, -0.1) is 0 Å². The van der Waals surface area contributed by atoms with Crippen LogP contribution >= 0.6 is 0 Å². The monoisotopic (exact) mass is 424 g/mol. The van der Waals surface area contributed by atoms with E-state index in [1.165, 1.54) is 40.7 Å². The molecule has 1 atom stereocenters. The van der Waals surface area contributed by atoms with Gasteiger partial charge in [-0.05, 0) is 67.8 Å². The highest BCUT2D eigenvalue weighted by Crippen LogP contribution is 2.36. The van der Waals surface area contributed by atoms with Crippen molar-refractivity contribution in [2.45, 2.75) is 31.2 Å². The Labute approximate surface area is 175 Å². The number of nitrogens with one attached hydrogen (secondary N) is 1. The minimum absolute atomic E-state index is 0.0167. The normalized spacial score (nSPS) is 15.7. The average Bonchev–Trinajstić information content (AvgIpc) is 3.06. The lowest BCUT2D eigenvalue weighted by Gasteiger charge is -2.24. The molecule has 1 heterocycles. The van der Waals surface area contributed by atoms with Crippen molar-refractivity contribution < 1.29 is 17.6 Å². The number of aryl methyl sites for hydroxylation is 1. The van der Waals surface area contributed by atoms with Gasteiger partial charge in [0.1, 0.15) is 5.82 Å². The van der Waals surface area contributed by atoms with Gasteiger partial charge in [0.15, 0.2) is 0 Å². The second-order valence-corrected chi connectivity index (χ2v) is 9.26. The minimum atomic E-state index is -3.86. The maximum Gasteiger partial charge on any atom is 0.264 e. The minimum Gasteiger partial charge on any atom is -0.319 e. The van der Waals surface area contributed by atoms with Gasteiger partial charge < -0.3 is 5.32 Å². The molecule has 7 heteroatoms. The maximum atomic E-state index is 14.1. The first kappa shape index (κ1) is 20.1. The van der Waals surface area contributed by atoms with Gasteiger partial charge in [-0.25, -0.2) is 12.8 Å². The highest BCUT2D eigenvalue weighted by atomic mass is 32.2. The Morgan fingerprint density at radius 2 is 1.83 bits per heavy atom. The zero-order valence-electron chi connectivity index (χ0n) is 16.6. The molecule has 0 saturated heterocycles. The van der Waals surface area contributed by atoms with E-state index in [1.54, 1.807) is 25.1 Å². The molecule has 0 aromatic heterocycles. The van der Waals surface area contributed by atoms with Gasteiger partial charge >= 0.3 is 0 Å². The molecule has 4 rings (SSSR count). The zero-order valence-corrected chi connectivity index (χ0v) is 17.4.